The number of hydrogen-bond acceptors (Lipinski definition) is 3. The van der Waals surface area contributed by atoms with E-state index in [1.807, 2.05) is 20.2 Å². The molecule has 0 saturated heterocycles. The zero-order valence-corrected chi connectivity index (χ0v) is 16.7. The monoisotopic (exact) mass is 409 g/mol. The summed E-state index contributed by atoms with van der Waals surface area (Å²) in [6, 6.07) is 18.8. The fourth-order valence-electron chi connectivity index (χ4n) is 2.25. The number of rotatable bonds is 7. The normalized spacial score (nSPS) is 11.6. The standard InChI is InChI=1S/C20H25NO.C2HF3O2/c1-4-18(16-17-8-6-5-7-9-17)19-10-12-20(13-11-19)22-15-14-21(2)3;3-2(4,5)1(6)7/h5-13,16H,4,14-15H2,1-3H3;(H,6,7)/b18-16+;. The first-order valence-electron chi connectivity index (χ1n) is 9.07. The predicted octanol–water partition coefficient (Wildman–Crippen LogP) is 5.21. The number of halogens is 3. The molecular weight excluding hydrogens is 383 g/mol. The van der Waals surface area contributed by atoms with Crippen molar-refractivity contribution in [1.29, 1.82) is 0 Å². The maximum Gasteiger partial charge on any atom is 0.490 e. The van der Waals surface area contributed by atoms with Crippen molar-refractivity contribution in [2.75, 3.05) is 27.2 Å². The van der Waals surface area contributed by atoms with Crippen LogP contribution in [0.4, 0.5) is 13.2 Å². The average Bonchev–Trinajstić information content (AvgIpc) is 2.67. The first-order chi connectivity index (χ1) is 13.6. The summed E-state index contributed by atoms with van der Waals surface area (Å²) in [6.45, 7) is 3.83. The topological polar surface area (TPSA) is 49.8 Å². The molecule has 2 aromatic rings. The fourth-order valence-corrected chi connectivity index (χ4v) is 2.25. The summed E-state index contributed by atoms with van der Waals surface area (Å²) in [5, 5.41) is 7.12. The van der Waals surface area contributed by atoms with E-state index in [0.29, 0.717) is 6.61 Å². The van der Waals surface area contributed by atoms with Gasteiger partial charge in [-0.1, -0.05) is 55.5 Å². The number of hydrogen-bond donors (Lipinski definition) is 1. The van der Waals surface area contributed by atoms with Crippen molar-refractivity contribution >= 4 is 17.6 Å². The molecule has 2 rings (SSSR count). The molecule has 0 aliphatic rings. The number of carbonyl (C=O) groups is 1. The Morgan fingerprint density at radius 2 is 1.62 bits per heavy atom. The van der Waals surface area contributed by atoms with Gasteiger partial charge in [-0.05, 0) is 49.3 Å². The van der Waals surface area contributed by atoms with Gasteiger partial charge in [0.05, 0.1) is 0 Å². The minimum atomic E-state index is -5.08. The number of carboxylic acids is 1. The van der Waals surface area contributed by atoms with Crippen LogP contribution >= 0.6 is 0 Å². The van der Waals surface area contributed by atoms with E-state index in [0.717, 1.165) is 18.7 Å². The van der Waals surface area contributed by atoms with E-state index >= 15 is 0 Å². The Balaban J connectivity index is 0.000000516. The molecule has 0 radical (unpaired) electrons. The van der Waals surface area contributed by atoms with Crippen LogP contribution in [0.2, 0.25) is 0 Å². The molecule has 0 bridgehead atoms. The van der Waals surface area contributed by atoms with Gasteiger partial charge in [-0.25, -0.2) is 4.79 Å². The lowest BCUT2D eigenvalue weighted by Crippen LogP contribution is -2.21. The molecule has 4 nitrogen and oxygen atoms in total. The molecule has 0 amide bonds. The molecule has 7 heteroatoms. The molecule has 0 unspecified atom stereocenters. The Morgan fingerprint density at radius 3 is 2.07 bits per heavy atom. The second-order valence-corrected chi connectivity index (χ2v) is 6.41. The van der Waals surface area contributed by atoms with Crippen molar-refractivity contribution < 1.29 is 27.8 Å². The van der Waals surface area contributed by atoms with Gasteiger partial charge in [-0.15, -0.1) is 0 Å². The fraction of sp³-hybridized carbons (Fsp3) is 0.318. The lowest BCUT2D eigenvalue weighted by Gasteiger charge is -2.12. The molecular formula is C22H26F3NO3. The lowest BCUT2D eigenvalue weighted by molar-refractivity contribution is -0.192. The Bertz CT molecular complexity index is 770. The smallest absolute Gasteiger partial charge is 0.490 e. The third-order valence-electron chi connectivity index (χ3n) is 3.80. The van der Waals surface area contributed by atoms with E-state index in [9.17, 15) is 13.2 Å². The molecule has 0 atom stereocenters. The van der Waals surface area contributed by atoms with Crippen LogP contribution in [0.1, 0.15) is 24.5 Å². The Labute approximate surface area is 169 Å². The molecule has 0 spiro atoms. The largest absolute Gasteiger partial charge is 0.492 e. The summed E-state index contributed by atoms with van der Waals surface area (Å²) in [5.41, 5.74) is 3.84. The zero-order chi connectivity index (χ0) is 21.9. The highest BCUT2D eigenvalue weighted by Crippen LogP contribution is 2.23. The van der Waals surface area contributed by atoms with Crippen molar-refractivity contribution in [2.45, 2.75) is 19.5 Å². The molecule has 0 aliphatic carbocycles. The molecule has 0 saturated carbocycles. The van der Waals surface area contributed by atoms with Gasteiger partial charge in [0.2, 0.25) is 0 Å². The van der Waals surface area contributed by atoms with Crippen molar-refractivity contribution in [3.05, 3.63) is 65.7 Å². The first kappa shape index (κ1) is 24.2. The Kier molecular flexibility index (Phi) is 9.96. The van der Waals surface area contributed by atoms with Crippen molar-refractivity contribution in [3.63, 3.8) is 0 Å². The molecule has 0 aromatic heterocycles. The van der Waals surface area contributed by atoms with E-state index in [1.54, 1.807) is 0 Å². The van der Waals surface area contributed by atoms with E-state index in [1.165, 1.54) is 16.7 Å². The number of benzene rings is 2. The number of likely N-dealkylation sites (N-methyl/N-ethyl adjacent to an activating group) is 1. The SMILES string of the molecule is CC/C(=C\c1ccccc1)c1ccc(OCCN(C)C)cc1.O=C(O)C(F)(F)F. The highest BCUT2D eigenvalue weighted by atomic mass is 19.4. The Hall–Kier alpha value is -2.80. The summed E-state index contributed by atoms with van der Waals surface area (Å²) >= 11 is 0. The zero-order valence-electron chi connectivity index (χ0n) is 16.7. The van der Waals surface area contributed by atoms with Crippen LogP contribution in [-0.4, -0.2) is 49.4 Å². The van der Waals surface area contributed by atoms with Gasteiger partial charge in [0.25, 0.3) is 0 Å². The van der Waals surface area contributed by atoms with Crippen LogP contribution in [0.15, 0.2) is 54.6 Å². The van der Waals surface area contributed by atoms with Crippen LogP contribution in [0, 0.1) is 0 Å². The summed E-state index contributed by atoms with van der Waals surface area (Å²) < 4.78 is 37.5. The van der Waals surface area contributed by atoms with Crippen LogP contribution in [0.5, 0.6) is 5.75 Å². The van der Waals surface area contributed by atoms with Crippen LogP contribution in [0.3, 0.4) is 0 Å². The highest BCUT2D eigenvalue weighted by Gasteiger charge is 2.38. The van der Waals surface area contributed by atoms with E-state index in [4.69, 9.17) is 14.6 Å². The molecule has 158 valence electrons. The van der Waals surface area contributed by atoms with Gasteiger partial charge < -0.3 is 14.7 Å². The van der Waals surface area contributed by atoms with Crippen molar-refractivity contribution in [1.82, 2.24) is 4.90 Å². The Morgan fingerprint density at radius 1 is 1.07 bits per heavy atom. The number of allylic oxidation sites excluding steroid dienone is 1. The van der Waals surface area contributed by atoms with Gasteiger partial charge in [0, 0.05) is 6.54 Å². The number of ether oxygens (including phenoxy) is 1. The van der Waals surface area contributed by atoms with E-state index in [2.05, 4.69) is 66.4 Å². The van der Waals surface area contributed by atoms with Gasteiger partial charge in [-0.3, -0.25) is 0 Å². The second-order valence-electron chi connectivity index (χ2n) is 6.41. The van der Waals surface area contributed by atoms with Crippen molar-refractivity contribution in [3.8, 4) is 5.75 Å². The second kappa shape index (κ2) is 11.9. The van der Waals surface area contributed by atoms with E-state index < -0.39 is 12.1 Å². The molecule has 0 heterocycles. The van der Waals surface area contributed by atoms with Gasteiger partial charge in [-0.2, -0.15) is 13.2 Å². The van der Waals surface area contributed by atoms with Gasteiger partial charge in [0.15, 0.2) is 0 Å². The quantitative estimate of drug-likeness (QED) is 0.638. The third-order valence-corrected chi connectivity index (χ3v) is 3.80. The molecule has 29 heavy (non-hydrogen) atoms. The maximum atomic E-state index is 10.6. The number of alkyl halides is 3. The number of aliphatic carboxylic acids is 1. The lowest BCUT2D eigenvalue weighted by atomic mass is 10.0. The molecule has 2 aromatic carbocycles. The molecule has 0 aliphatic heterocycles. The van der Waals surface area contributed by atoms with Gasteiger partial charge >= 0.3 is 12.1 Å². The predicted molar refractivity (Wildman–Crippen MR) is 109 cm³/mol. The first-order valence-corrected chi connectivity index (χ1v) is 9.07. The number of carboxylic acid groups (broad SMARTS) is 1. The minimum Gasteiger partial charge on any atom is -0.492 e. The minimum absolute atomic E-state index is 0.715. The summed E-state index contributed by atoms with van der Waals surface area (Å²) in [7, 11) is 4.10. The van der Waals surface area contributed by atoms with E-state index in [-0.39, 0.29) is 0 Å². The van der Waals surface area contributed by atoms with Crippen LogP contribution in [0.25, 0.3) is 11.6 Å². The summed E-state index contributed by atoms with van der Waals surface area (Å²) in [5.74, 6) is -1.83. The molecule has 0 fully saturated rings. The van der Waals surface area contributed by atoms with Crippen molar-refractivity contribution in [2.24, 2.45) is 0 Å². The molecule has 1 N–H and O–H groups in total. The highest BCUT2D eigenvalue weighted by molar-refractivity contribution is 5.81. The van der Waals surface area contributed by atoms with Gasteiger partial charge in [0.1, 0.15) is 12.4 Å². The summed E-state index contributed by atoms with van der Waals surface area (Å²) in [6.07, 6.45) is -1.82. The van der Waals surface area contributed by atoms with Crippen LogP contribution in [-0.2, 0) is 4.79 Å². The summed E-state index contributed by atoms with van der Waals surface area (Å²) in [4.78, 5) is 11.0. The number of nitrogens with zero attached hydrogens (tertiary/aromatic N) is 1. The average molecular weight is 409 g/mol. The maximum absolute atomic E-state index is 10.6. The third kappa shape index (κ3) is 9.80. The van der Waals surface area contributed by atoms with Crippen LogP contribution < -0.4 is 4.74 Å².